The van der Waals surface area contributed by atoms with Crippen LogP contribution in [-0.2, 0) is 28.6 Å². The Hall–Kier alpha value is -3.75. The maximum absolute atomic E-state index is 12.6. The Morgan fingerprint density at radius 2 is 1.00 bits per heavy atom. The van der Waals surface area contributed by atoms with Gasteiger partial charge in [0.05, 0.1) is 34.4 Å². The maximum atomic E-state index is 12.6. The Bertz CT molecular complexity index is 1250. The van der Waals surface area contributed by atoms with Gasteiger partial charge in [0.25, 0.3) is 0 Å². The van der Waals surface area contributed by atoms with E-state index in [0.29, 0.717) is 19.3 Å². The fourth-order valence-corrected chi connectivity index (χ4v) is 5.59. The fraction of sp³-hybridized carbons (Fsp3) is 0.612. The van der Waals surface area contributed by atoms with Gasteiger partial charge in [-0.2, -0.15) is 0 Å². The molecular formula is C49H80NO7+. The van der Waals surface area contributed by atoms with Gasteiger partial charge in [0.2, 0.25) is 0 Å². The second kappa shape index (κ2) is 39.1. The van der Waals surface area contributed by atoms with Gasteiger partial charge in [0.1, 0.15) is 6.61 Å². The molecule has 0 aliphatic heterocycles. The molecule has 8 nitrogen and oxygen atoms in total. The predicted molar refractivity (Wildman–Crippen MR) is 238 cm³/mol. The minimum atomic E-state index is -0.890. The molecule has 0 aromatic carbocycles. The highest BCUT2D eigenvalue weighted by Gasteiger charge is 2.31. The quantitative estimate of drug-likeness (QED) is 0.0289. The van der Waals surface area contributed by atoms with Gasteiger partial charge < -0.3 is 23.8 Å². The van der Waals surface area contributed by atoms with Gasteiger partial charge in [0, 0.05) is 19.3 Å². The smallest absolute Gasteiger partial charge is 0.362 e. The molecule has 0 aromatic rings. The van der Waals surface area contributed by atoms with Crippen LogP contribution in [0.25, 0.3) is 0 Å². The first kappa shape index (κ1) is 53.2. The first-order chi connectivity index (χ1) is 27.6. The van der Waals surface area contributed by atoms with Crippen LogP contribution in [0, 0.1) is 0 Å². The van der Waals surface area contributed by atoms with Gasteiger partial charge in [-0.25, -0.2) is 4.79 Å². The minimum absolute atomic E-state index is 0.0319. The molecule has 0 aromatic heterocycles. The number of quaternary nitrogens is 1. The average molecular weight is 795 g/mol. The predicted octanol–water partition coefficient (Wildman–Crippen LogP) is 11.9. The van der Waals surface area contributed by atoms with Crippen LogP contribution in [0.1, 0.15) is 142 Å². The highest BCUT2D eigenvalue weighted by molar-refractivity contribution is 5.72. The van der Waals surface area contributed by atoms with E-state index in [9.17, 15) is 19.5 Å². The molecule has 1 N–H and O–H groups in total. The molecule has 0 fully saturated rings. The average Bonchev–Trinajstić information content (AvgIpc) is 3.17. The van der Waals surface area contributed by atoms with E-state index in [4.69, 9.17) is 14.2 Å². The summed E-state index contributed by atoms with van der Waals surface area (Å²) in [5, 5.41) is 9.60. The lowest BCUT2D eigenvalue weighted by Crippen LogP contribution is -2.50. The first-order valence-corrected chi connectivity index (χ1v) is 21.8. The number of hydrogen-bond donors (Lipinski definition) is 1. The molecule has 0 bridgehead atoms. The van der Waals surface area contributed by atoms with Gasteiger partial charge in [0.15, 0.2) is 12.1 Å². The number of rotatable bonds is 37. The van der Waals surface area contributed by atoms with Crippen LogP contribution in [-0.4, -0.2) is 80.6 Å². The van der Waals surface area contributed by atoms with E-state index < -0.39 is 18.1 Å². The van der Waals surface area contributed by atoms with E-state index in [2.05, 4.69) is 111 Å². The summed E-state index contributed by atoms with van der Waals surface area (Å²) in [5.41, 5.74) is 0. The Balaban J connectivity index is 4.42. The maximum Gasteiger partial charge on any atom is 0.362 e. The monoisotopic (exact) mass is 795 g/mol. The number of unbranched alkanes of at least 4 members (excludes halogenated alkanes) is 7. The largest absolute Gasteiger partial charge is 0.477 e. The molecule has 2 atom stereocenters. The SMILES string of the molecule is CC/C=C/C/C=C/C/C=C/C/C=C/C/C=C/C/C=C/C/C=C/CCCC(=O)OCC(COCCC(C(=O)O)[N+](C)(C)C)OC(=O)CCCCCC/C=C/CCCC. The number of allylic oxidation sites excluding steroid dienone is 16. The third-order valence-electron chi connectivity index (χ3n) is 8.97. The number of likely N-dealkylation sites (N-methyl/N-ethyl adjacent to an activating group) is 1. The van der Waals surface area contributed by atoms with Crippen LogP contribution >= 0.6 is 0 Å². The lowest BCUT2D eigenvalue weighted by atomic mass is 10.1. The van der Waals surface area contributed by atoms with Crippen LogP contribution in [0.2, 0.25) is 0 Å². The van der Waals surface area contributed by atoms with Crippen molar-refractivity contribution >= 4 is 17.9 Å². The first-order valence-electron chi connectivity index (χ1n) is 21.8. The van der Waals surface area contributed by atoms with Gasteiger partial charge in [-0.1, -0.05) is 137 Å². The molecular weight excluding hydrogens is 715 g/mol. The zero-order valence-electron chi connectivity index (χ0n) is 36.5. The Kier molecular flexibility index (Phi) is 36.5. The summed E-state index contributed by atoms with van der Waals surface area (Å²) in [7, 11) is 5.49. The van der Waals surface area contributed by atoms with E-state index in [-0.39, 0.29) is 42.7 Å². The fourth-order valence-electron chi connectivity index (χ4n) is 5.59. The van der Waals surface area contributed by atoms with Crippen molar-refractivity contribution in [1.29, 1.82) is 0 Å². The number of hydrogen-bond acceptors (Lipinski definition) is 6. The molecule has 0 radical (unpaired) electrons. The Morgan fingerprint density at radius 1 is 0.544 bits per heavy atom. The lowest BCUT2D eigenvalue weighted by molar-refractivity contribution is -0.887. The third kappa shape index (κ3) is 37.6. The molecule has 57 heavy (non-hydrogen) atoms. The highest BCUT2D eigenvalue weighted by Crippen LogP contribution is 2.11. The van der Waals surface area contributed by atoms with Crippen molar-refractivity contribution in [2.24, 2.45) is 0 Å². The molecule has 0 amide bonds. The van der Waals surface area contributed by atoms with E-state index in [1.54, 1.807) is 0 Å². The summed E-state index contributed by atoms with van der Waals surface area (Å²) in [6, 6.07) is -0.629. The number of esters is 2. The van der Waals surface area contributed by atoms with Gasteiger partial charge in [-0.05, 0) is 83.5 Å². The van der Waals surface area contributed by atoms with Crippen molar-refractivity contribution in [3.63, 3.8) is 0 Å². The third-order valence-corrected chi connectivity index (χ3v) is 8.97. The summed E-state index contributed by atoms with van der Waals surface area (Å²) in [6.07, 6.45) is 51.8. The standard InChI is InChI=1S/C49H79NO7/c1-6-8-10-12-14-16-18-19-20-21-22-23-24-25-26-27-28-29-30-32-33-35-37-39-47(51)56-44-45(43-55-42-41-46(49(53)54)50(3,4)5)57-48(52)40-38-36-34-31-17-15-13-11-9-7-2/h8,10,13-16,19-20,22-23,25-26,28-29,32-33,45-46H,6-7,9,11-12,17-18,21,24,27,30-31,34-44H2,1-5H3/p+1/b10-8+,15-13+,16-14+,20-19+,23-22+,26-25+,29-28+,33-32+. The van der Waals surface area contributed by atoms with Crippen molar-refractivity contribution < 1.29 is 38.2 Å². The van der Waals surface area contributed by atoms with Crippen LogP contribution < -0.4 is 0 Å². The van der Waals surface area contributed by atoms with E-state index in [1.165, 1.54) is 12.8 Å². The number of nitrogens with zero attached hydrogens (tertiary/aromatic N) is 1. The normalized spacial score (nSPS) is 13.9. The van der Waals surface area contributed by atoms with Gasteiger partial charge in [-0.15, -0.1) is 0 Å². The molecule has 2 unspecified atom stereocenters. The second-order valence-electron chi connectivity index (χ2n) is 15.2. The summed E-state index contributed by atoms with van der Waals surface area (Å²) in [6.45, 7) is 4.47. The zero-order valence-corrected chi connectivity index (χ0v) is 36.5. The van der Waals surface area contributed by atoms with Gasteiger partial charge in [-0.3, -0.25) is 9.59 Å². The Labute approximate surface area is 347 Å². The number of carboxylic acid groups (broad SMARTS) is 1. The van der Waals surface area contributed by atoms with Gasteiger partial charge >= 0.3 is 17.9 Å². The zero-order chi connectivity index (χ0) is 42.1. The number of carbonyl (C=O) groups is 3. The number of aliphatic carboxylic acids is 1. The summed E-state index contributed by atoms with van der Waals surface area (Å²) < 4.78 is 17.1. The molecule has 0 aliphatic carbocycles. The van der Waals surface area contributed by atoms with Crippen LogP contribution in [0.3, 0.4) is 0 Å². The van der Waals surface area contributed by atoms with E-state index in [1.807, 2.05) is 21.1 Å². The van der Waals surface area contributed by atoms with Crippen molar-refractivity contribution in [3.8, 4) is 0 Å². The van der Waals surface area contributed by atoms with E-state index in [0.717, 1.165) is 89.9 Å². The topological polar surface area (TPSA) is 99.1 Å². The molecule has 8 heteroatoms. The summed E-state index contributed by atoms with van der Waals surface area (Å²) in [4.78, 5) is 36.9. The van der Waals surface area contributed by atoms with E-state index >= 15 is 0 Å². The molecule has 0 aliphatic rings. The van der Waals surface area contributed by atoms with Crippen LogP contribution in [0.5, 0.6) is 0 Å². The molecule has 0 saturated carbocycles. The van der Waals surface area contributed by atoms with Crippen LogP contribution in [0.4, 0.5) is 0 Å². The van der Waals surface area contributed by atoms with Crippen molar-refractivity contribution in [2.75, 3.05) is 41.0 Å². The van der Waals surface area contributed by atoms with Crippen LogP contribution in [0.15, 0.2) is 97.2 Å². The molecule has 0 heterocycles. The van der Waals surface area contributed by atoms with Crippen molar-refractivity contribution in [2.45, 2.75) is 154 Å². The molecule has 0 rings (SSSR count). The van der Waals surface area contributed by atoms with Crippen molar-refractivity contribution in [3.05, 3.63) is 97.2 Å². The minimum Gasteiger partial charge on any atom is -0.477 e. The van der Waals surface area contributed by atoms with Crippen molar-refractivity contribution in [1.82, 2.24) is 0 Å². The summed E-state index contributed by atoms with van der Waals surface area (Å²) >= 11 is 0. The molecule has 0 saturated heterocycles. The Morgan fingerprint density at radius 3 is 1.51 bits per heavy atom. The number of ether oxygens (including phenoxy) is 3. The summed E-state index contributed by atoms with van der Waals surface area (Å²) in [5.74, 6) is -1.58. The second-order valence-corrected chi connectivity index (χ2v) is 15.2. The number of carbonyl (C=O) groups excluding carboxylic acids is 2. The number of carboxylic acids is 1. The highest BCUT2D eigenvalue weighted by atomic mass is 16.6. The lowest BCUT2D eigenvalue weighted by Gasteiger charge is -2.31. The molecule has 0 spiro atoms. The molecule has 322 valence electrons.